The molecule has 0 aliphatic carbocycles. The van der Waals surface area contributed by atoms with Gasteiger partial charge in [-0.15, -0.1) is 35.3 Å². The quantitative estimate of drug-likeness (QED) is 0.289. The molecule has 0 fully saturated rings. The second-order valence-electron chi connectivity index (χ2n) is 6.96. The molecule has 0 amide bonds. The second-order valence-corrected chi connectivity index (χ2v) is 7.90. The predicted molar refractivity (Wildman–Crippen MR) is 132 cm³/mol. The van der Waals surface area contributed by atoms with Crippen LogP contribution in [0.3, 0.4) is 0 Å². The number of guanidine groups is 1. The Hall–Kier alpha value is -1.68. The van der Waals surface area contributed by atoms with E-state index in [-0.39, 0.29) is 29.4 Å². The molecule has 1 aromatic carbocycles. The number of halogens is 1. The molecular formula is C21H32IN3O3S. The highest BCUT2D eigenvalue weighted by atomic mass is 127. The minimum Gasteiger partial charge on any atom is -0.493 e. The molecule has 2 rings (SSSR count). The van der Waals surface area contributed by atoms with Crippen LogP contribution in [0, 0.1) is 0 Å². The summed E-state index contributed by atoms with van der Waals surface area (Å²) in [6.45, 7) is 5.97. The Morgan fingerprint density at radius 2 is 1.76 bits per heavy atom. The first kappa shape index (κ1) is 25.4. The van der Waals surface area contributed by atoms with Gasteiger partial charge in [-0.05, 0) is 23.9 Å². The van der Waals surface area contributed by atoms with Crippen molar-refractivity contribution in [1.82, 2.24) is 10.6 Å². The van der Waals surface area contributed by atoms with Crippen LogP contribution >= 0.6 is 35.3 Å². The largest absolute Gasteiger partial charge is 0.493 e. The van der Waals surface area contributed by atoms with Gasteiger partial charge in [0.15, 0.2) is 17.5 Å². The number of ether oxygens (including phenoxy) is 3. The van der Waals surface area contributed by atoms with Crippen molar-refractivity contribution in [3.8, 4) is 17.2 Å². The number of thiophene rings is 1. The molecule has 0 bridgehead atoms. The van der Waals surface area contributed by atoms with E-state index < -0.39 is 0 Å². The van der Waals surface area contributed by atoms with Crippen molar-refractivity contribution in [1.29, 1.82) is 0 Å². The zero-order valence-corrected chi connectivity index (χ0v) is 21.1. The third-order valence-corrected chi connectivity index (χ3v) is 5.82. The number of methoxy groups -OCH3 is 3. The molecule has 29 heavy (non-hydrogen) atoms. The van der Waals surface area contributed by atoms with E-state index in [9.17, 15) is 0 Å². The van der Waals surface area contributed by atoms with Crippen molar-refractivity contribution in [3.63, 3.8) is 0 Å². The first-order valence-electron chi connectivity index (χ1n) is 9.23. The Balaban J connectivity index is 0.00000420. The number of hydrogen-bond acceptors (Lipinski definition) is 5. The van der Waals surface area contributed by atoms with Crippen LogP contribution in [0.15, 0.2) is 34.6 Å². The van der Waals surface area contributed by atoms with E-state index in [1.165, 1.54) is 4.88 Å². The summed E-state index contributed by atoms with van der Waals surface area (Å²) >= 11 is 1.78. The zero-order valence-electron chi connectivity index (χ0n) is 18.0. The molecule has 2 aromatic rings. The Morgan fingerprint density at radius 1 is 1.03 bits per heavy atom. The fourth-order valence-electron chi connectivity index (χ4n) is 2.95. The fraction of sp³-hybridized carbons (Fsp3) is 0.476. The van der Waals surface area contributed by atoms with Crippen LogP contribution in [0.4, 0.5) is 0 Å². The predicted octanol–water partition coefficient (Wildman–Crippen LogP) is 4.08. The number of aliphatic imine (C=N–C) groups is 1. The molecule has 0 spiro atoms. The van der Waals surface area contributed by atoms with Crippen LogP contribution in [-0.2, 0) is 11.8 Å². The first-order valence-corrected chi connectivity index (χ1v) is 10.1. The van der Waals surface area contributed by atoms with Crippen molar-refractivity contribution < 1.29 is 14.2 Å². The summed E-state index contributed by atoms with van der Waals surface area (Å²) < 4.78 is 16.3. The third kappa shape index (κ3) is 6.67. The molecule has 0 unspecified atom stereocenters. The lowest BCUT2D eigenvalue weighted by molar-refractivity contribution is 0.322. The normalized spacial score (nSPS) is 11.4. The Kier molecular flexibility index (Phi) is 10.6. The molecule has 0 radical (unpaired) electrons. The molecule has 6 nitrogen and oxygen atoms in total. The van der Waals surface area contributed by atoms with Crippen LogP contribution in [-0.4, -0.2) is 47.4 Å². The minimum absolute atomic E-state index is 0. The Morgan fingerprint density at radius 3 is 2.31 bits per heavy atom. The number of nitrogens with one attached hydrogen (secondary N) is 2. The lowest BCUT2D eigenvalue weighted by Crippen LogP contribution is -2.43. The molecular weight excluding hydrogens is 501 g/mol. The van der Waals surface area contributed by atoms with Gasteiger partial charge in [0.05, 0.1) is 21.3 Å². The van der Waals surface area contributed by atoms with Crippen molar-refractivity contribution >= 4 is 41.3 Å². The maximum Gasteiger partial charge on any atom is 0.203 e. The van der Waals surface area contributed by atoms with Crippen molar-refractivity contribution in [2.75, 3.05) is 41.5 Å². The molecule has 0 saturated carbocycles. The van der Waals surface area contributed by atoms with Gasteiger partial charge in [0, 0.05) is 36.0 Å². The third-order valence-electron chi connectivity index (χ3n) is 4.58. The fourth-order valence-corrected chi connectivity index (χ4v) is 3.80. The van der Waals surface area contributed by atoms with E-state index in [4.69, 9.17) is 14.2 Å². The summed E-state index contributed by atoms with van der Waals surface area (Å²) in [5, 5.41) is 8.90. The van der Waals surface area contributed by atoms with Gasteiger partial charge in [-0.1, -0.05) is 26.0 Å². The summed E-state index contributed by atoms with van der Waals surface area (Å²) in [5.41, 5.74) is 1.08. The summed E-state index contributed by atoms with van der Waals surface area (Å²) in [5.74, 6) is 2.75. The second kappa shape index (κ2) is 12.1. The minimum atomic E-state index is 0. The van der Waals surface area contributed by atoms with E-state index in [1.54, 1.807) is 39.7 Å². The van der Waals surface area contributed by atoms with Gasteiger partial charge in [-0.25, -0.2) is 0 Å². The molecule has 162 valence electrons. The highest BCUT2D eigenvalue weighted by Gasteiger charge is 2.22. The maximum absolute atomic E-state index is 5.55. The monoisotopic (exact) mass is 533 g/mol. The smallest absolute Gasteiger partial charge is 0.203 e. The summed E-state index contributed by atoms with van der Waals surface area (Å²) in [6.07, 6.45) is 0.762. The average Bonchev–Trinajstić information content (AvgIpc) is 3.25. The van der Waals surface area contributed by atoms with E-state index >= 15 is 0 Å². The standard InChI is InChI=1S/C21H31N3O3S.HI/c1-21(2,17-8-7-13-28-17)14-24-20(22-3)23-12-11-15-9-10-16(25-4)19(27-6)18(15)26-5;/h7-10,13H,11-12,14H2,1-6H3,(H2,22,23,24);1H. The lowest BCUT2D eigenvalue weighted by Gasteiger charge is -2.25. The maximum atomic E-state index is 5.55. The number of benzene rings is 1. The molecule has 2 N–H and O–H groups in total. The number of rotatable bonds is 9. The number of nitrogens with zero attached hydrogens (tertiary/aromatic N) is 1. The van der Waals surface area contributed by atoms with Crippen LogP contribution in [0.2, 0.25) is 0 Å². The van der Waals surface area contributed by atoms with Crippen molar-refractivity contribution in [2.24, 2.45) is 4.99 Å². The Labute approximate surface area is 195 Å². The molecule has 0 saturated heterocycles. The lowest BCUT2D eigenvalue weighted by atomic mass is 9.91. The van der Waals surface area contributed by atoms with Gasteiger partial charge in [0.2, 0.25) is 5.75 Å². The van der Waals surface area contributed by atoms with E-state index in [0.29, 0.717) is 23.8 Å². The van der Waals surface area contributed by atoms with Crippen molar-refractivity contribution in [3.05, 3.63) is 40.1 Å². The average molecular weight is 533 g/mol. The molecule has 0 aliphatic rings. The molecule has 8 heteroatoms. The van der Waals surface area contributed by atoms with Gasteiger partial charge in [0.25, 0.3) is 0 Å². The van der Waals surface area contributed by atoms with Crippen LogP contribution in [0.5, 0.6) is 17.2 Å². The van der Waals surface area contributed by atoms with E-state index in [2.05, 4.69) is 47.0 Å². The van der Waals surface area contributed by atoms with Gasteiger partial charge in [-0.2, -0.15) is 0 Å². The van der Waals surface area contributed by atoms with Gasteiger partial charge in [-0.3, -0.25) is 4.99 Å². The van der Waals surface area contributed by atoms with Crippen molar-refractivity contribution in [2.45, 2.75) is 25.7 Å². The van der Waals surface area contributed by atoms with E-state index in [0.717, 1.165) is 24.5 Å². The summed E-state index contributed by atoms with van der Waals surface area (Å²) in [4.78, 5) is 5.68. The van der Waals surface area contributed by atoms with Gasteiger partial charge >= 0.3 is 0 Å². The highest BCUT2D eigenvalue weighted by molar-refractivity contribution is 14.0. The van der Waals surface area contributed by atoms with Crippen LogP contribution in [0.25, 0.3) is 0 Å². The molecule has 1 heterocycles. The van der Waals surface area contributed by atoms with E-state index in [1.807, 2.05) is 12.1 Å². The number of hydrogen-bond donors (Lipinski definition) is 2. The summed E-state index contributed by atoms with van der Waals surface area (Å²) in [6, 6.07) is 8.16. The molecule has 0 aliphatic heterocycles. The zero-order chi connectivity index (χ0) is 20.6. The SMILES string of the molecule is CN=C(NCCc1ccc(OC)c(OC)c1OC)NCC(C)(C)c1cccs1.I. The topological polar surface area (TPSA) is 64.1 Å². The van der Waals surface area contributed by atoms with Gasteiger partial charge in [0.1, 0.15) is 0 Å². The van der Waals surface area contributed by atoms with Gasteiger partial charge < -0.3 is 24.8 Å². The first-order chi connectivity index (χ1) is 13.5. The van der Waals surface area contributed by atoms with Crippen LogP contribution in [0.1, 0.15) is 24.3 Å². The molecule has 1 aromatic heterocycles. The highest BCUT2D eigenvalue weighted by Crippen LogP contribution is 2.39. The van der Waals surface area contributed by atoms with Crippen LogP contribution < -0.4 is 24.8 Å². The Bertz CT molecular complexity index is 780. The molecule has 0 atom stereocenters. The summed E-state index contributed by atoms with van der Waals surface area (Å²) in [7, 11) is 6.65.